The summed E-state index contributed by atoms with van der Waals surface area (Å²) in [6, 6.07) is 5.17. The number of aliphatic hydroxyl groups excluding tert-OH is 3. The second-order valence-electron chi connectivity index (χ2n) is 4.44. The number of aliphatic hydroxyl groups is 4. The Labute approximate surface area is 157 Å². The van der Waals surface area contributed by atoms with Crippen molar-refractivity contribution in [2.24, 2.45) is 0 Å². The number of carboxylic acid groups (broad SMARTS) is 1. The molecule has 106 valence electrons. The van der Waals surface area contributed by atoms with Gasteiger partial charge >= 0.3 is 57.4 Å². The molecule has 0 aromatic heterocycles. The Morgan fingerprint density at radius 2 is 1.75 bits per heavy atom. The van der Waals surface area contributed by atoms with Crippen LogP contribution in [-0.2, 0) is 10.3 Å². The summed E-state index contributed by atoms with van der Waals surface area (Å²) < 4.78 is 4.79. The molecule has 0 unspecified atom stereocenters. The summed E-state index contributed by atoms with van der Waals surface area (Å²) in [5, 5.41) is 47.7. The summed E-state index contributed by atoms with van der Waals surface area (Å²) in [5.41, 5.74) is -1.69. The van der Waals surface area contributed by atoms with Crippen molar-refractivity contribution in [1.82, 2.24) is 0 Å². The standard InChI is InChI=1S/C12H14O7.K.H/c13-8-9(14)12(18,5-19-11(8)17)7-3-1-6(2-4-7)10(15)16;;/h1-4,8-9,11,13-14,17-18H,5H2,(H,15,16);;/t8-,9-,11+,12+;;/m1../s1. The quantitative estimate of drug-likeness (QED) is 0.400. The van der Waals surface area contributed by atoms with Gasteiger partial charge in [0.1, 0.15) is 17.8 Å². The Kier molecular flexibility index (Phi) is 6.29. The zero-order valence-electron chi connectivity index (χ0n) is 9.80. The summed E-state index contributed by atoms with van der Waals surface area (Å²) >= 11 is 0. The van der Waals surface area contributed by atoms with Crippen molar-refractivity contribution >= 4 is 57.4 Å². The molecule has 0 bridgehead atoms. The van der Waals surface area contributed by atoms with Gasteiger partial charge < -0.3 is 30.3 Å². The molecule has 2 rings (SSSR count). The van der Waals surface area contributed by atoms with Gasteiger partial charge in [0, 0.05) is 0 Å². The van der Waals surface area contributed by atoms with E-state index in [0.29, 0.717) is 0 Å². The van der Waals surface area contributed by atoms with Crippen LogP contribution >= 0.6 is 0 Å². The average Bonchev–Trinajstić information content (AvgIpc) is 2.41. The van der Waals surface area contributed by atoms with E-state index in [2.05, 4.69) is 0 Å². The minimum atomic E-state index is -1.91. The molecule has 1 saturated heterocycles. The first kappa shape index (κ1) is 18.2. The molecule has 8 heteroatoms. The zero-order valence-corrected chi connectivity index (χ0v) is 9.80. The molecule has 1 aromatic carbocycles. The van der Waals surface area contributed by atoms with Crippen LogP contribution in [0.3, 0.4) is 0 Å². The van der Waals surface area contributed by atoms with Crippen molar-refractivity contribution in [3.05, 3.63) is 35.4 Å². The normalized spacial score (nSPS) is 33.3. The van der Waals surface area contributed by atoms with Crippen LogP contribution in [0.4, 0.5) is 0 Å². The first-order valence-electron chi connectivity index (χ1n) is 5.58. The van der Waals surface area contributed by atoms with E-state index in [-0.39, 0.29) is 62.5 Å². The van der Waals surface area contributed by atoms with Crippen molar-refractivity contribution in [2.45, 2.75) is 24.1 Å². The summed E-state index contributed by atoms with van der Waals surface area (Å²) in [6.45, 7) is -0.418. The van der Waals surface area contributed by atoms with Crippen LogP contribution in [-0.4, -0.2) is 108 Å². The van der Waals surface area contributed by atoms with E-state index in [1.807, 2.05) is 0 Å². The topological polar surface area (TPSA) is 127 Å². The van der Waals surface area contributed by atoms with Gasteiger partial charge in [-0.25, -0.2) is 4.79 Å². The van der Waals surface area contributed by atoms with Crippen LogP contribution in [0.1, 0.15) is 15.9 Å². The second-order valence-corrected chi connectivity index (χ2v) is 4.44. The van der Waals surface area contributed by atoms with Gasteiger partial charge in [-0.05, 0) is 17.7 Å². The minimum absolute atomic E-state index is 0. The third-order valence-corrected chi connectivity index (χ3v) is 3.21. The second kappa shape index (κ2) is 6.92. The van der Waals surface area contributed by atoms with Gasteiger partial charge in [-0.15, -0.1) is 0 Å². The predicted molar refractivity (Wildman–Crippen MR) is 68.4 cm³/mol. The number of hydrogen-bond donors (Lipinski definition) is 5. The van der Waals surface area contributed by atoms with E-state index in [4.69, 9.17) is 9.84 Å². The molecule has 0 spiro atoms. The molecule has 1 aromatic rings. The van der Waals surface area contributed by atoms with Gasteiger partial charge in [-0.2, -0.15) is 0 Å². The van der Waals surface area contributed by atoms with E-state index < -0.39 is 36.7 Å². The Morgan fingerprint density at radius 1 is 1.20 bits per heavy atom. The molecule has 0 saturated carbocycles. The molecular formula is C12H15KO7. The molecule has 20 heavy (non-hydrogen) atoms. The number of rotatable bonds is 2. The molecule has 1 fully saturated rings. The van der Waals surface area contributed by atoms with E-state index >= 15 is 0 Å². The van der Waals surface area contributed by atoms with Gasteiger partial charge in [-0.3, -0.25) is 0 Å². The van der Waals surface area contributed by atoms with Crippen molar-refractivity contribution in [3.63, 3.8) is 0 Å². The third kappa shape index (κ3) is 3.30. The Hall–Kier alpha value is 0.126. The SMILES string of the molecule is O=C(O)c1ccc([C@@]2(O)CO[C@H](O)[C@H](O)[C@H]2O)cc1.[KH]. The Morgan fingerprint density at radius 3 is 2.25 bits per heavy atom. The Balaban J connectivity index is 0.00000200. The first-order chi connectivity index (χ1) is 8.86. The summed E-state index contributed by atoms with van der Waals surface area (Å²) in [7, 11) is 0. The van der Waals surface area contributed by atoms with E-state index in [1.54, 1.807) is 0 Å². The fourth-order valence-corrected chi connectivity index (χ4v) is 1.99. The van der Waals surface area contributed by atoms with Crippen LogP contribution in [0.5, 0.6) is 0 Å². The predicted octanol–water partition coefficient (Wildman–Crippen LogP) is -2.01. The van der Waals surface area contributed by atoms with Gasteiger partial charge in [0.15, 0.2) is 6.29 Å². The molecule has 0 aliphatic carbocycles. The first-order valence-corrected chi connectivity index (χ1v) is 5.58. The van der Waals surface area contributed by atoms with Gasteiger partial charge in [0.25, 0.3) is 0 Å². The summed E-state index contributed by atoms with van der Waals surface area (Å²) in [6.07, 6.45) is -4.88. The number of carboxylic acids is 1. The molecule has 7 nitrogen and oxygen atoms in total. The number of aromatic carboxylic acids is 1. The van der Waals surface area contributed by atoms with Crippen molar-refractivity contribution in [3.8, 4) is 0 Å². The maximum absolute atomic E-state index is 10.7. The number of carbonyl (C=O) groups is 1. The zero-order chi connectivity index (χ0) is 14.2. The van der Waals surface area contributed by atoms with Crippen LogP contribution in [0.2, 0.25) is 0 Å². The number of hydrogen-bond acceptors (Lipinski definition) is 6. The van der Waals surface area contributed by atoms with Crippen molar-refractivity contribution in [1.29, 1.82) is 0 Å². The van der Waals surface area contributed by atoms with Crippen LogP contribution in [0.25, 0.3) is 0 Å². The van der Waals surface area contributed by atoms with Gasteiger partial charge in [-0.1, -0.05) is 12.1 Å². The third-order valence-electron chi connectivity index (χ3n) is 3.21. The van der Waals surface area contributed by atoms with E-state index in [1.165, 1.54) is 24.3 Å². The fourth-order valence-electron chi connectivity index (χ4n) is 1.99. The molecular weight excluding hydrogens is 295 g/mol. The number of ether oxygens (including phenoxy) is 1. The van der Waals surface area contributed by atoms with Gasteiger partial charge in [0.05, 0.1) is 12.2 Å². The molecule has 1 heterocycles. The summed E-state index contributed by atoms with van der Waals surface area (Å²) in [5.74, 6) is -1.12. The van der Waals surface area contributed by atoms with Crippen LogP contribution in [0, 0.1) is 0 Å². The molecule has 0 radical (unpaired) electrons. The molecule has 1 aliphatic rings. The average molecular weight is 310 g/mol. The molecule has 4 atom stereocenters. The van der Waals surface area contributed by atoms with Gasteiger partial charge in [0.2, 0.25) is 0 Å². The van der Waals surface area contributed by atoms with Crippen LogP contribution in [0.15, 0.2) is 24.3 Å². The molecule has 1 aliphatic heterocycles. The van der Waals surface area contributed by atoms with E-state index in [0.717, 1.165) is 0 Å². The number of benzene rings is 1. The maximum atomic E-state index is 10.7. The fraction of sp³-hybridized carbons (Fsp3) is 0.417. The van der Waals surface area contributed by atoms with Crippen molar-refractivity contribution < 1.29 is 35.1 Å². The van der Waals surface area contributed by atoms with E-state index in [9.17, 15) is 25.2 Å². The molecule has 0 amide bonds. The Bertz CT molecular complexity index is 477. The monoisotopic (exact) mass is 310 g/mol. The molecule has 5 N–H and O–H groups in total. The van der Waals surface area contributed by atoms with Crippen molar-refractivity contribution in [2.75, 3.05) is 6.61 Å². The van der Waals surface area contributed by atoms with Crippen LogP contribution < -0.4 is 0 Å². The summed E-state index contributed by atoms with van der Waals surface area (Å²) in [4.78, 5) is 10.7.